The van der Waals surface area contributed by atoms with Gasteiger partial charge in [0, 0.05) is 0 Å². The van der Waals surface area contributed by atoms with Gasteiger partial charge in [0.05, 0.1) is 28.6 Å². The first-order chi connectivity index (χ1) is 15.4. The van der Waals surface area contributed by atoms with Crippen LogP contribution >= 0.6 is 11.6 Å². The van der Waals surface area contributed by atoms with Crippen LogP contribution in [0.2, 0.25) is 5.02 Å². The number of halogens is 3. The van der Waals surface area contributed by atoms with Crippen LogP contribution in [0, 0.1) is 11.6 Å². The molecule has 0 spiro atoms. The maximum Gasteiger partial charge on any atom is 0.282 e. The number of ether oxygens (including phenoxy) is 1. The number of imide groups is 1. The van der Waals surface area contributed by atoms with Gasteiger partial charge in [-0.15, -0.1) is 0 Å². The molecule has 0 atom stereocenters. The minimum atomic E-state index is -0.676. The van der Waals surface area contributed by atoms with Gasteiger partial charge in [0.1, 0.15) is 23.1 Å². The Morgan fingerprint density at radius 3 is 2.38 bits per heavy atom. The molecule has 162 valence electrons. The number of anilines is 2. The summed E-state index contributed by atoms with van der Waals surface area (Å²) in [7, 11) is 0. The van der Waals surface area contributed by atoms with Gasteiger partial charge in [0.25, 0.3) is 11.8 Å². The summed E-state index contributed by atoms with van der Waals surface area (Å²) in [5.41, 5.74) is 0.956. The monoisotopic (exact) mass is 454 g/mol. The summed E-state index contributed by atoms with van der Waals surface area (Å²) in [5, 5.41) is 2.78. The molecule has 4 rings (SSSR count). The number of nitrogens with zero attached hydrogens (tertiary/aromatic N) is 1. The topological polar surface area (TPSA) is 58.6 Å². The van der Waals surface area contributed by atoms with Crippen molar-refractivity contribution in [3.05, 3.63) is 94.6 Å². The molecular formula is C24H17ClF2N2O3. The zero-order valence-corrected chi connectivity index (χ0v) is 17.6. The van der Waals surface area contributed by atoms with E-state index in [1.54, 1.807) is 24.3 Å². The molecule has 2 amide bonds. The minimum absolute atomic E-state index is 0.0193. The Morgan fingerprint density at radius 2 is 1.69 bits per heavy atom. The van der Waals surface area contributed by atoms with Gasteiger partial charge in [-0.3, -0.25) is 9.59 Å². The van der Waals surface area contributed by atoms with E-state index in [1.807, 2.05) is 6.92 Å². The molecule has 0 radical (unpaired) electrons. The van der Waals surface area contributed by atoms with Crippen LogP contribution in [0.5, 0.6) is 5.75 Å². The Hall–Kier alpha value is -3.71. The molecule has 0 bridgehead atoms. The molecule has 32 heavy (non-hydrogen) atoms. The van der Waals surface area contributed by atoms with Crippen LogP contribution in [0.15, 0.2) is 72.4 Å². The number of hydrogen-bond donors (Lipinski definition) is 1. The number of carbonyl (C=O) groups excluding carboxylic acids is 2. The highest BCUT2D eigenvalue weighted by atomic mass is 35.5. The van der Waals surface area contributed by atoms with Gasteiger partial charge in [0.15, 0.2) is 0 Å². The van der Waals surface area contributed by atoms with Gasteiger partial charge >= 0.3 is 0 Å². The van der Waals surface area contributed by atoms with Crippen LogP contribution in [-0.2, 0) is 9.59 Å². The normalized spacial score (nSPS) is 13.7. The quantitative estimate of drug-likeness (QED) is 0.506. The summed E-state index contributed by atoms with van der Waals surface area (Å²) in [5.74, 6) is -1.98. The number of carbonyl (C=O) groups is 2. The van der Waals surface area contributed by atoms with Gasteiger partial charge < -0.3 is 10.1 Å². The third-order valence-electron chi connectivity index (χ3n) is 4.82. The van der Waals surface area contributed by atoms with Crippen LogP contribution in [0.3, 0.4) is 0 Å². The molecule has 1 aliphatic heterocycles. The lowest BCUT2D eigenvalue weighted by Crippen LogP contribution is -2.32. The minimum Gasteiger partial charge on any atom is -0.492 e. The second-order valence-electron chi connectivity index (χ2n) is 6.86. The molecule has 0 aliphatic carbocycles. The van der Waals surface area contributed by atoms with Crippen molar-refractivity contribution >= 4 is 40.4 Å². The molecular weight excluding hydrogens is 438 g/mol. The van der Waals surface area contributed by atoms with Crippen LogP contribution < -0.4 is 15.0 Å². The zero-order chi connectivity index (χ0) is 22.8. The smallest absolute Gasteiger partial charge is 0.282 e. The fraction of sp³-hybridized carbons (Fsp3) is 0.0833. The molecule has 0 saturated carbocycles. The first-order valence-electron chi connectivity index (χ1n) is 9.73. The van der Waals surface area contributed by atoms with Crippen molar-refractivity contribution in [2.75, 3.05) is 16.8 Å². The lowest BCUT2D eigenvalue weighted by Gasteiger charge is -2.16. The first-order valence-corrected chi connectivity index (χ1v) is 10.1. The molecule has 0 fully saturated rings. The third-order valence-corrected chi connectivity index (χ3v) is 5.11. The fourth-order valence-corrected chi connectivity index (χ4v) is 3.55. The Bertz CT molecular complexity index is 1240. The molecule has 5 nitrogen and oxygen atoms in total. The van der Waals surface area contributed by atoms with Crippen molar-refractivity contribution < 1.29 is 23.1 Å². The van der Waals surface area contributed by atoms with Gasteiger partial charge in [0.2, 0.25) is 0 Å². The summed E-state index contributed by atoms with van der Waals surface area (Å²) in [6.45, 7) is 2.22. The number of hydrogen-bond acceptors (Lipinski definition) is 4. The third kappa shape index (κ3) is 3.94. The highest BCUT2D eigenvalue weighted by molar-refractivity contribution is 6.46. The van der Waals surface area contributed by atoms with Gasteiger partial charge in [-0.1, -0.05) is 35.9 Å². The first kappa shape index (κ1) is 21.5. The molecule has 8 heteroatoms. The van der Waals surface area contributed by atoms with Crippen LogP contribution in [-0.4, -0.2) is 18.4 Å². The Balaban J connectivity index is 1.83. The van der Waals surface area contributed by atoms with Crippen molar-refractivity contribution in [1.82, 2.24) is 0 Å². The van der Waals surface area contributed by atoms with Crippen molar-refractivity contribution in [2.24, 2.45) is 0 Å². The summed E-state index contributed by atoms with van der Waals surface area (Å²) in [4.78, 5) is 27.6. The van der Waals surface area contributed by atoms with E-state index in [9.17, 15) is 18.4 Å². The predicted molar refractivity (Wildman–Crippen MR) is 118 cm³/mol. The molecule has 0 saturated heterocycles. The Morgan fingerprint density at radius 1 is 0.969 bits per heavy atom. The number of amides is 2. The Kier molecular flexibility index (Phi) is 5.92. The lowest BCUT2D eigenvalue weighted by atomic mass is 10.0. The van der Waals surface area contributed by atoms with E-state index in [4.69, 9.17) is 16.3 Å². The zero-order valence-electron chi connectivity index (χ0n) is 16.9. The lowest BCUT2D eigenvalue weighted by molar-refractivity contribution is -0.120. The summed E-state index contributed by atoms with van der Waals surface area (Å²) >= 11 is 5.87. The maximum atomic E-state index is 13.6. The van der Waals surface area contributed by atoms with Crippen molar-refractivity contribution in [2.45, 2.75) is 6.92 Å². The van der Waals surface area contributed by atoms with Gasteiger partial charge in [-0.25, -0.2) is 13.7 Å². The number of para-hydroxylation sites is 2. The fourth-order valence-electron chi connectivity index (χ4n) is 3.37. The molecule has 3 aromatic rings. The van der Waals surface area contributed by atoms with Gasteiger partial charge in [-0.2, -0.15) is 0 Å². The van der Waals surface area contributed by atoms with E-state index in [0.717, 1.165) is 11.0 Å². The van der Waals surface area contributed by atoms with Crippen LogP contribution in [0.1, 0.15) is 12.5 Å². The molecule has 0 unspecified atom stereocenters. The Labute approximate surface area is 187 Å². The molecule has 0 aromatic heterocycles. The maximum absolute atomic E-state index is 13.6. The average Bonchev–Trinajstić information content (AvgIpc) is 3.02. The van der Waals surface area contributed by atoms with E-state index >= 15 is 0 Å². The SMILES string of the molecule is CCOc1ccccc1NC1=C(c2ccc(F)cc2)C(=O)N(c2ccc(F)c(Cl)c2)C1=O. The standard InChI is InChI=1S/C24H17ClF2N2O3/c1-2-32-20-6-4-3-5-19(20)28-22-21(14-7-9-15(26)10-8-14)23(30)29(24(22)31)16-11-12-18(27)17(25)13-16/h3-13,28H,2H2,1H3. The van der Waals surface area contributed by atoms with E-state index in [1.165, 1.54) is 36.4 Å². The van der Waals surface area contributed by atoms with E-state index in [2.05, 4.69) is 5.32 Å². The van der Waals surface area contributed by atoms with E-state index < -0.39 is 23.4 Å². The average molecular weight is 455 g/mol. The molecule has 3 aromatic carbocycles. The number of nitrogens with one attached hydrogen (secondary N) is 1. The van der Waals surface area contributed by atoms with Crippen LogP contribution in [0.25, 0.3) is 5.57 Å². The number of benzene rings is 3. The van der Waals surface area contributed by atoms with Crippen LogP contribution in [0.4, 0.5) is 20.2 Å². The van der Waals surface area contributed by atoms with Crippen molar-refractivity contribution in [1.29, 1.82) is 0 Å². The van der Waals surface area contributed by atoms with E-state index in [0.29, 0.717) is 23.6 Å². The molecule has 1 heterocycles. The second-order valence-corrected chi connectivity index (χ2v) is 7.26. The van der Waals surface area contributed by atoms with Crippen molar-refractivity contribution in [3.8, 4) is 5.75 Å². The van der Waals surface area contributed by atoms with Crippen molar-refractivity contribution in [3.63, 3.8) is 0 Å². The molecule has 1 aliphatic rings. The van der Waals surface area contributed by atoms with Gasteiger partial charge in [-0.05, 0) is 55.0 Å². The summed E-state index contributed by atoms with van der Waals surface area (Å²) in [6, 6.07) is 15.7. The molecule has 1 N–H and O–H groups in total. The highest BCUT2D eigenvalue weighted by Gasteiger charge is 2.40. The largest absolute Gasteiger partial charge is 0.492 e. The number of rotatable bonds is 6. The summed E-state index contributed by atoms with van der Waals surface area (Å²) in [6.07, 6.45) is 0. The predicted octanol–water partition coefficient (Wildman–Crippen LogP) is 5.41. The highest BCUT2D eigenvalue weighted by Crippen LogP contribution is 2.36. The van der Waals surface area contributed by atoms with E-state index in [-0.39, 0.29) is 22.0 Å². The summed E-state index contributed by atoms with van der Waals surface area (Å²) < 4.78 is 32.7. The second kappa shape index (κ2) is 8.80.